The van der Waals surface area contributed by atoms with Crippen LogP contribution in [0.1, 0.15) is 32.8 Å². The largest absolute Gasteiger partial charge is 0.496 e. The van der Waals surface area contributed by atoms with Gasteiger partial charge < -0.3 is 10.1 Å². The van der Waals surface area contributed by atoms with Crippen LogP contribution in [0, 0.1) is 5.92 Å². The van der Waals surface area contributed by atoms with Gasteiger partial charge in [-0.3, -0.25) is 4.90 Å². The van der Waals surface area contributed by atoms with Gasteiger partial charge in [-0.15, -0.1) is 0 Å². The lowest BCUT2D eigenvalue weighted by Gasteiger charge is -2.39. The highest BCUT2D eigenvalue weighted by molar-refractivity contribution is 9.10. The van der Waals surface area contributed by atoms with E-state index in [4.69, 9.17) is 4.74 Å². The van der Waals surface area contributed by atoms with Gasteiger partial charge in [-0.25, -0.2) is 0 Å². The first kappa shape index (κ1) is 16.8. The van der Waals surface area contributed by atoms with Crippen molar-refractivity contribution in [3.05, 3.63) is 28.2 Å². The highest BCUT2D eigenvalue weighted by atomic mass is 79.9. The first-order chi connectivity index (χ1) is 9.99. The maximum atomic E-state index is 5.30. The molecule has 1 aliphatic rings. The maximum Gasteiger partial charge on any atom is 0.133 e. The fourth-order valence-electron chi connectivity index (χ4n) is 2.98. The van der Waals surface area contributed by atoms with Crippen molar-refractivity contribution in [3.8, 4) is 5.75 Å². The number of methoxy groups -OCH3 is 1. The van der Waals surface area contributed by atoms with Gasteiger partial charge in [0, 0.05) is 31.7 Å². The van der Waals surface area contributed by atoms with Crippen LogP contribution in [-0.2, 0) is 6.54 Å². The SMILES string of the molecule is COc1ccc(CN2CC(CC(C)C)NCC2C)cc1Br. The molecule has 0 spiro atoms. The Bertz CT molecular complexity index is 464. The number of piperazine rings is 1. The number of benzene rings is 1. The minimum Gasteiger partial charge on any atom is -0.496 e. The van der Waals surface area contributed by atoms with Gasteiger partial charge in [0.15, 0.2) is 0 Å². The van der Waals surface area contributed by atoms with E-state index in [2.05, 4.69) is 59.1 Å². The van der Waals surface area contributed by atoms with E-state index in [9.17, 15) is 0 Å². The van der Waals surface area contributed by atoms with Gasteiger partial charge >= 0.3 is 0 Å². The monoisotopic (exact) mass is 354 g/mol. The summed E-state index contributed by atoms with van der Waals surface area (Å²) >= 11 is 3.58. The Balaban J connectivity index is 2.01. The first-order valence-corrected chi connectivity index (χ1v) is 8.58. The highest BCUT2D eigenvalue weighted by Crippen LogP contribution is 2.26. The van der Waals surface area contributed by atoms with Gasteiger partial charge in [-0.2, -0.15) is 0 Å². The molecule has 1 fully saturated rings. The quantitative estimate of drug-likeness (QED) is 0.872. The Morgan fingerprint density at radius 3 is 2.81 bits per heavy atom. The Morgan fingerprint density at radius 2 is 2.19 bits per heavy atom. The van der Waals surface area contributed by atoms with E-state index < -0.39 is 0 Å². The number of nitrogens with zero attached hydrogens (tertiary/aromatic N) is 1. The summed E-state index contributed by atoms with van der Waals surface area (Å²) in [5.41, 5.74) is 1.33. The van der Waals surface area contributed by atoms with Crippen molar-refractivity contribution in [1.29, 1.82) is 0 Å². The summed E-state index contributed by atoms with van der Waals surface area (Å²) in [5.74, 6) is 1.64. The van der Waals surface area contributed by atoms with Gasteiger partial charge in [-0.1, -0.05) is 19.9 Å². The van der Waals surface area contributed by atoms with E-state index in [1.807, 2.05) is 6.07 Å². The molecule has 1 heterocycles. The zero-order valence-corrected chi connectivity index (χ0v) is 15.1. The molecule has 1 aromatic carbocycles. The number of ether oxygens (including phenoxy) is 1. The summed E-state index contributed by atoms with van der Waals surface area (Å²) in [5, 5.41) is 3.67. The Morgan fingerprint density at radius 1 is 1.43 bits per heavy atom. The summed E-state index contributed by atoms with van der Waals surface area (Å²) in [6.07, 6.45) is 1.25. The predicted molar refractivity (Wildman–Crippen MR) is 91.8 cm³/mol. The van der Waals surface area contributed by atoms with Crippen molar-refractivity contribution in [2.75, 3.05) is 20.2 Å². The molecule has 2 atom stereocenters. The molecule has 1 aromatic rings. The van der Waals surface area contributed by atoms with Gasteiger partial charge in [0.05, 0.1) is 11.6 Å². The van der Waals surface area contributed by atoms with E-state index >= 15 is 0 Å². The van der Waals surface area contributed by atoms with Crippen molar-refractivity contribution in [3.63, 3.8) is 0 Å². The van der Waals surface area contributed by atoms with Crippen LogP contribution in [0.25, 0.3) is 0 Å². The van der Waals surface area contributed by atoms with Crippen LogP contribution in [0.15, 0.2) is 22.7 Å². The lowest BCUT2D eigenvalue weighted by Crippen LogP contribution is -2.55. The summed E-state index contributed by atoms with van der Waals surface area (Å²) in [6.45, 7) is 10.1. The van der Waals surface area contributed by atoms with Crippen molar-refractivity contribution >= 4 is 15.9 Å². The fraction of sp³-hybridized carbons (Fsp3) is 0.647. The second-order valence-corrected chi connectivity index (χ2v) is 7.34. The molecule has 0 saturated carbocycles. The second-order valence-electron chi connectivity index (χ2n) is 6.48. The topological polar surface area (TPSA) is 24.5 Å². The lowest BCUT2D eigenvalue weighted by molar-refractivity contribution is 0.124. The van der Waals surface area contributed by atoms with E-state index in [0.29, 0.717) is 12.1 Å². The molecule has 21 heavy (non-hydrogen) atoms. The second kappa shape index (κ2) is 7.61. The molecule has 2 rings (SSSR count). The van der Waals surface area contributed by atoms with Gasteiger partial charge in [-0.05, 0) is 52.9 Å². The van der Waals surface area contributed by atoms with Crippen molar-refractivity contribution in [2.45, 2.75) is 45.8 Å². The first-order valence-electron chi connectivity index (χ1n) is 7.79. The zero-order chi connectivity index (χ0) is 15.4. The third-order valence-electron chi connectivity index (χ3n) is 4.14. The highest BCUT2D eigenvalue weighted by Gasteiger charge is 2.25. The van der Waals surface area contributed by atoms with Crippen LogP contribution < -0.4 is 10.1 Å². The molecule has 0 aromatic heterocycles. The predicted octanol–water partition coefficient (Wildman–Crippen LogP) is 3.67. The molecule has 0 aliphatic carbocycles. The summed E-state index contributed by atoms with van der Waals surface area (Å²) in [6, 6.07) is 7.57. The van der Waals surface area contributed by atoms with Crippen molar-refractivity contribution in [2.24, 2.45) is 5.92 Å². The van der Waals surface area contributed by atoms with Crippen molar-refractivity contribution < 1.29 is 4.74 Å². The zero-order valence-electron chi connectivity index (χ0n) is 13.5. The number of rotatable bonds is 5. The molecule has 3 nitrogen and oxygen atoms in total. The molecular formula is C17H27BrN2O. The molecule has 4 heteroatoms. The van der Waals surface area contributed by atoms with Crippen LogP contribution in [0.2, 0.25) is 0 Å². The fourth-order valence-corrected chi connectivity index (χ4v) is 3.57. The minimum absolute atomic E-state index is 0.578. The van der Waals surface area contributed by atoms with Crippen molar-refractivity contribution in [1.82, 2.24) is 10.2 Å². The molecule has 0 amide bonds. The van der Waals surface area contributed by atoms with E-state index in [-0.39, 0.29) is 0 Å². The molecule has 0 radical (unpaired) electrons. The normalized spacial score (nSPS) is 23.5. The lowest BCUT2D eigenvalue weighted by atomic mass is 9.99. The standard InChI is InChI=1S/C17H27BrN2O/c1-12(2)7-15-11-20(13(3)9-19-15)10-14-5-6-17(21-4)16(18)8-14/h5-6,8,12-13,15,19H,7,9-11H2,1-4H3. The number of hydrogen-bond acceptors (Lipinski definition) is 3. The van der Waals surface area contributed by atoms with Crippen LogP contribution in [0.4, 0.5) is 0 Å². The molecule has 118 valence electrons. The van der Waals surface area contributed by atoms with Gasteiger partial charge in [0.2, 0.25) is 0 Å². The number of nitrogens with one attached hydrogen (secondary N) is 1. The van der Waals surface area contributed by atoms with Gasteiger partial charge in [0.25, 0.3) is 0 Å². The van der Waals surface area contributed by atoms with E-state index in [0.717, 1.165) is 35.8 Å². The molecule has 1 aliphatic heterocycles. The summed E-state index contributed by atoms with van der Waals surface area (Å²) in [4.78, 5) is 2.58. The smallest absolute Gasteiger partial charge is 0.133 e. The number of hydrogen-bond donors (Lipinski definition) is 1. The molecule has 2 unspecified atom stereocenters. The maximum absolute atomic E-state index is 5.30. The van der Waals surface area contributed by atoms with Crippen LogP contribution in [0.5, 0.6) is 5.75 Å². The molecular weight excluding hydrogens is 328 g/mol. The van der Waals surface area contributed by atoms with Crippen LogP contribution >= 0.6 is 15.9 Å². The Labute approximate surface area is 137 Å². The van der Waals surface area contributed by atoms with Gasteiger partial charge in [0.1, 0.15) is 5.75 Å². The van der Waals surface area contributed by atoms with E-state index in [1.54, 1.807) is 7.11 Å². The average molecular weight is 355 g/mol. The minimum atomic E-state index is 0.578. The Hall–Kier alpha value is -0.580. The number of halogens is 1. The van der Waals surface area contributed by atoms with Crippen LogP contribution in [0.3, 0.4) is 0 Å². The summed E-state index contributed by atoms with van der Waals surface area (Å²) in [7, 11) is 1.70. The summed E-state index contributed by atoms with van der Waals surface area (Å²) < 4.78 is 6.33. The molecule has 0 bridgehead atoms. The third kappa shape index (κ3) is 4.70. The Kier molecular flexibility index (Phi) is 6.08. The molecule has 1 N–H and O–H groups in total. The molecule has 1 saturated heterocycles. The average Bonchev–Trinajstić information content (AvgIpc) is 2.42. The van der Waals surface area contributed by atoms with E-state index in [1.165, 1.54) is 12.0 Å². The van der Waals surface area contributed by atoms with Crippen LogP contribution in [-0.4, -0.2) is 37.2 Å². The third-order valence-corrected chi connectivity index (χ3v) is 4.76.